The van der Waals surface area contributed by atoms with E-state index in [9.17, 15) is 28.7 Å². The van der Waals surface area contributed by atoms with Gasteiger partial charge in [0.25, 0.3) is 0 Å². The van der Waals surface area contributed by atoms with Gasteiger partial charge in [-0.2, -0.15) is 5.10 Å². The highest BCUT2D eigenvalue weighted by atomic mass is 32.2. The fraction of sp³-hybridized carbons (Fsp3) is 0.333. The maximum Gasteiger partial charge on any atom is 0.312 e. The number of nitrogens with zero attached hydrogens (tertiary/aromatic N) is 4. The van der Waals surface area contributed by atoms with Crippen LogP contribution in [0.25, 0.3) is 5.52 Å². The summed E-state index contributed by atoms with van der Waals surface area (Å²) in [7, 11) is -2.98. The lowest BCUT2D eigenvalue weighted by atomic mass is 10.1. The molecule has 3 heterocycles. The van der Waals surface area contributed by atoms with Crippen molar-refractivity contribution in [1.82, 2.24) is 19.3 Å². The number of rotatable bonds is 7. The van der Waals surface area contributed by atoms with Gasteiger partial charge in [-0.3, -0.25) is 10.1 Å². The monoisotopic (exact) mass is 480 g/mol. The summed E-state index contributed by atoms with van der Waals surface area (Å²) < 4.78 is 39.6. The number of nitrogen functional groups attached to an aromatic ring is 1. The molecule has 15 heteroatoms. The van der Waals surface area contributed by atoms with Gasteiger partial charge in [0, 0.05) is 12.6 Å². The number of fused-ring (bicyclic) bond motifs is 1. The van der Waals surface area contributed by atoms with Gasteiger partial charge in [0.05, 0.1) is 22.6 Å². The van der Waals surface area contributed by atoms with E-state index in [1.165, 1.54) is 24.0 Å². The molecule has 1 fully saturated rings. The van der Waals surface area contributed by atoms with Gasteiger partial charge in [-0.25, -0.2) is 22.6 Å². The number of benzene rings is 1. The highest BCUT2D eigenvalue weighted by molar-refractivity contribution is 7.89. The summed E-state index contributed by atoms with van der Waals surface area (Å²) in [6.07, 6.45) is -3.71. The molecule has 0 bridgehead atoms. The summed E-state index contributed by atoms with van der Waals surface area (Å²) >= 11 is 0. The van der Waals surface area contributed by atoms with Crippen LogP contribution in [0.15, 0.2) is 41.6 Å². The first-order chi connectivity index (χ1) is 15.6. The molecule has 1 aromatic carbocycles. The van der Waals surface area contributed by atoms with Crippen LogP contribution in [-0.4, -0.2) is 70.1 Å². The van der Waals surface area contributed by atoms with Gasteiger partial charge in [0.2, 0.25) is 10.0 Å². The summed E-state index contributed by atoms with van der Waals surface area (Å²) in [5.74, 6) is 0.116. The second-order valence-corrected chi connectivity index (χ2v) is 8.99. The molecule has 0 radical (unpaired) electrons. The molecule has 0 unspecified atom stereocenters. The molecular weight excluding hydrogens is 460 g/mol. The molecule has 0 amide bonds. The fourth-order valence-corrected chi connectivity index (χ4v) is 4.67. The van der Waals surface area contributed by atoms with Crippen LogP contribution < -0.4 is 15.2 Å². The van der Waals surface area contributed by atoms with Gasteiger partial charge >= 0.3 is 5.69 Å². The molecule has 1 aliphatic heterocycles. The Labute approximate surface area is 186 Å². The number of nitrogens with two attached hydrogens (primary N) is 1. The average molecular weight is 480 g/mol. The molecule has 3 aromatic rings. The second-order valence-electron chi connectivity index (χ2n) is 7.22. The number of aromatic nitrogens is 3. The van der Waals surface area contributed by atoms with Crippen molar-refractivity contribution in [1.29, 1.82) is 0 Å². The third-order valence-corrected chi connectivity index (χ3v) is 6.72. The second kappa shape index (κ2) is 8.53. The molecule has 176 valence electrons. The number of sulfonamides is 1. The Morgan fingerprint density at radius 3 is 2.76 bits per heavy atom. The number of hydrogen-bond acceptors (Lipinski definition) is 11. The van der Waals surface area contributed by atoms with Crippen molar-refractivity contribution in [2.75, 3.05) is 19.4 Å². The molecule has 1 saturated heterocycles. The van der Waals surface area contributed by atoms with E-state index in [1.54, 1.807) is 12.1 Å². The zero-order chi connectivity index (χ0) is 23.9. The maximum atomic E-state index is 12.7. The number of methoxy groups -OCH3 is 1. The maximum absolute atomic E-state index is 12.7. The fourth-order valence-electron chi connectivity index (χ4n) is 3.61. The molecule has 4 atom stereocenters. The first kappa shape index (κ1) is 22.8. The molecule has 2 aromatic heterocycles. The minimum Gasteiger partial charge on any atom is -0.490 e. The Morgan fingerprint density at radius 1 is 1.30 bits per heavy atom. The largest absolute Gasteiger partial charge is 0.490 e. The first-order valence-corrected chi connectivity index (χ1v) is 11.0. The molecule has 0 saturated carbocycles. The molecular formula is C18H20N6O8S. The molecule has 0 spiro atoms. The van der Waals surface area contributed by atoms with Gasteiger partial charge in [-0.15, -0.1) is 0 Å². The van der Waals surface area contributed by atoms with Crippen LogP contribution in [0.3, 0.4) is 0 Å². The lowest BCUT2D eigenvalue weighted by molar-refractivity contribution is -0.386. The molecule has 14 nitrogen and oxygen atoms in total. The van der Waals surface area contributed by atoms with Crippen molar-refractivity contribution in [2.45, 2.75) is 29.3 Å². The lowest BCUT2D eigenvalue weighted by Crippen LogP contribution is -2.39. The predicted octanol–water partition coefficient (Wildman–Crippen LogP) is -0.631. The number of nitro benzene ring substituents is 1. The molecule has 1 aliphatic rings. The van der Waals surface area contributed by atoms with Gasteiger partial charge in [-0.05, 0) is 24.3 Å². The summed E-state index contributed by atoms with van der Waals surface area (Å²) in [6.45, 7) is -0.405. The van der Waals surface area contributed by atoms with E-state index in [4.69, 9.17) is 15.2 Å². The van der Waals surface area contributed by atoms with Crippen molar-refractivity contribution >= 4 is 27.0 Å². The van der Waals surface area contributed by atoms with Crippen LogP contribution >= 0.6 is 0 Å². The van der Waals surface area contributed by atoms with Crippen LogP contribution in [0.2, 0.25) is 0 Å². The van der Waals surface area contributed by atoms with Gasteiger partial charge in [0.1, 0.15) is 36.3 Å². The smallest absolute Gasteiger partial charge is 0.312 e. The predicted molar refractivity (Wildman–Crippen MR) is 112 cm³/mol. The Hall–Kier alpha value is -3.37. The first-order valence-electron chi connectivity index (χ1n) is 9.56. The van der Waals surface area contributed by atoms with Crippen LogP contribution in [0.4, 0.5) is 11.5 Å². The summed E-state index contributed by atoms with van der Waals surface area (Å²) in [4.78, 5) is 13.9. The van der Waals surface area contributed by atoms with Crippen LogP contribution in [0, 0.1) is 10.1 Å². The zero-order valence-electron chi connectivity index (χ0n) is 17.1. The van der Waals surface area contributed by atoms with E-state index in [0.29, 0.717) is 11.2 Å². The topological polar surface area (TPSA) is 204 Å². The van der Waals surface area contributed by atoms with E-state index in [2.05, 4.69) is 14.8 Å². The third-order valence-electron chi connectivity index (χ3n) is 5.30. The summed E-state index contributed by atoms with van der Waals surface area (Å²) in [6, 6.07) is 6.40. The summed E-state index contributed by atoms with van der Waals surface area (Å²) in [5, 5.41) is 36.2. The minimum atomic E-state index is -4.21. The van der Waals surface area contributed by atoms with E-state index in [0.717, 1.165) is 12.1 Å². The van der Waals surface area contributed by atoms with Crippen molar-refractivity contribution < 1.29 is 33.0 Å². The quantitative estimate of drug-likeness (QED) is 0.247. The van der Waals surface area contributed by atoms with Crippen LogP contribution in [-0.2, 0) is 14.8 Å². The van der Waals surface area contributed by atoms with Gasteiger partial charge < -0.3 is 25.4 Å². The molecule has 5 N–H and O–H groups in total. The number of nitro groups is 1. The Balaban J connectivity index is 1.52. The highest BCUT2D eigenvalue weighted by Crippen LogP contribution is 2.35. The Kier molecular flexibility index (Phi) is 5.89. The average Bonchev–Trinajstić information content (AvgIpc) is 3.34. The Morgan fingerprint density at radius 2 is 2.06 bits per heavy atom. The third kappa shape index (κ3) is 4.07. The lowest BCUT2D eigenvalue weighted by Gasteiger charge is -2.15. The van der Waals surface area contributed by atoms with Gasteiger partial charge in [-0.1, -0.05) is 0 Å². The number of hydrogen-bond donors (Lipinski definition) is 4. The highest BCUT2D eigenvalue weighted by Gasteiger charge is 2.45. The normalized spacial score (nSPS) is 23.1. The number of aliphatic hydroxyl groups is 2. The van der Waals surface area contributed by atoms with E-state index >= 15 is 0 Å². The van der Waals surface area contributed by atoms with E-state index in [-0.39, 0.29) is 16.5 Å². The molecule has 4 rings (SSSR count). The Bertz CT molecular complexity index is 1310. The van der Waals surface area contributed by atoms with Crippen molar-refractivity contribution in [3.8, 4) is 5.75 Å². The zero-order valence-corrected chi connectivity index (χ0v) is 17.9. The number of nitrogens with one attached hydrogen (secondary N) is 1. The van der Waals surface area contributed by atoms with Gasteiger partial charge in [0.15, 0.2) is 11.6 Å². The SMILES string of the molecule is COc1ccc(S(=O)(=O)NC[C@H]2O[C@@H](c3ccc4c(N)ncnn34)[C@H](O)[C@@H]2O)cc1[N+](=O)[O-]. The summed E-state index contributed by atoms with van der Waals surface area (Å²) in [5.41, 5.74) is 6.15. The number of aliphatic hydroxyl groups excluding tert-OH is 2. The number of ether oxygens (including phenoxy) is 2. The van der Waals surface area contributed by atoms with Crippen molar-refractivity contribution in [3.63, 3.8) is 0 Å². The van der Waals surface area contributed by atoms with Crippen LogP contribution in [0.5, 0.6) is 5.75 Å². The van der Waals surface area contributed by atoms with E-state index in [1.807, 2.05) is 0 Å². The molecule has 0 aliphatic carbocycles. The van der Waals surface area contributed by atoms with Crippen molar-refractivity contribution in [3.05, 3.63) is 52.5 Å². The van der Waals surface area contributed by atoms with Crippen molar-refractivity contribution in [2.24, 2.45) is 0 Å². The number of anilines is 1. The van der Waals surface area contributed by atoms with Crippen LogP contribution in [0.1, 0.15) is 11.8 Å². The molecule has 33 heavy (non-hydrogen) atoms. The standard InChI is InChI=1S/C18H20N6O8S/c1-31-13-5-2-9(6-12(13)24(27)28)33(29,30)22-7-14-15(25)16(26)17(32-14)10-3-4-11-18(19)20-8-21-23(10)11/h2-6,8,14-17,22,25-26H,7H2,1H3,(H2,19,20,21)/t14-,15-,16-,17+/m1/s1. The van der Waals surface area contributed by atoms with E-state index < -0.39 is 51.6 Å². The minimum absolute atomic E-state index is 0.0941.